The van der Waals surface area contributed by atoms with Crippen LogP contribution in [0.25, 0.3) is 38.7 Å². The van der Waals surface area contributed by atoms with Gasteiger partial charge in [-0.1, -0.05) is 166 Å². The minimum atomic E-state index is -0.683. The maximum absolute atomic E-state index is 14.7. The number of aromatic amines is 1. The molecule has 2 aliphatic carbocycles. The van der Waals surface area contributed by atoms with Crippen molar-refractivity contribution in [2.75, 3.05) is 6.61 Å². The molecular weight excluding hydrogens is 703 g/mol. The van der Waals surface area contributed by atoms with Gasteiger partial charge in [0.15, 0.2) is 0 Å². The van der Waals surface area contributed by atoms with E-state index in [1.807, 2.05) is 92.8 Å². The highest BCUT2D eigenvalue weighted by Gasteiger charge is 2.32. The summed E-state index contributed by atoms with van der Waals surface area (Å²) in [6, 6.07) is 48.9. The lowest BCUT2D eigenvalue weighted by molar-refractivity contribution is -0.147. The number of allylic oxidation sites excluding steroid dienone is 1. The van der Waals surface area contributed by atoms with Crippen LogP contribution < -0.4 is 5.32 Å². The van der Waals surface area contributed by atoms with Gasteiger partial charge in [0.05, 0.1) is 30.3 Å². The predicted octanol–water partition coefficient (Wildman–Crippen LogP) is 11.0. The molecule has 9 rings (SSSR count). The van der Waals surface area contributed by atoms with Crippen molar-refractivity contribution < 1.29 is 14.3 Å². The van der Waals surface area contributed by atoms with Gasteiger partial charge in [0.2, 0.25) is 5.91 Å². The van der Waals surface area contributed by atoms with E-state index in [1.165, 1.54) is 27.8 Å². The minimum absolute atomic E-state index is 0.0588. The van der Waals surface area contributed by atoms with Gasteiger partial charge in [0.25, 0.3) is 0 Å². The third-order valence-corrected chi connectivity index (χ3v) is 11.2. The summed E-state index contributed by atoms with van der Waals surface area (Å²) < 4.78 is 6.09. The van der Waals surface area contributed by atoms with E-state index in [1.54, 1.807) is 0 Å². The van der Waals surface area contributed by atoms with Crippen LogP contribution in [0.15, 0.2) is 158 Å². The van der Waals surface area contributed by atoms with E-state index in [0.29, 0.717) is 18.7 Å². The van der Waals surface area contributed by atoms with E-state index < -0.39 is 17.9 Å². The van der Waals surface area contributed by atoms with Crippen molar-refractivity contribution in [1.29, 1.82) is 0 Å². The molecule has 0 spiro atoms. The van der Waals surface area contributed by atoms with Gasteiger partial charge in [0, 0.05) is 12.3 Å². The molecule has 0 radical (unpaired) electrons. The Morgan fingerprint density at radius 1 is 0.737 bits per heavy atom. The topological polar surface area (TPSA) is 84.1 Å². The number of carbonyl (C=O) groups is 2. The molecule has 6 nitrogen and oxygen atoms in total. The highest BCUT2D eigenvalue weighted by atomic mass is 16.5. The van der Waals surface area contributed by atoms with Crippen LogP contribution in [0.2, 0.25) is 0 Å². The standard InChI is InChI=1S/C49H41N3O3.C2H6/c53-47(55-31-44-42-23-10-8-21-40(42)41-22-9-11-24-43(41)44)29-37(27-35-18-12-17-32-13-4-6-19-38(32)35)49(54)52-45(28-36-26-25-33-14-5-7-20-39(33)36)48-50-30-46(51-48)34-15-2-1-3-16-34;1-2/h1-24,26,30,37,44-45H,25,27-29,31H2,(H,50,51)(H,52,54);1-2H3/t37-,45+;/m0./s1. The van der Waals surface area contributed by atoms with E-state index >= 15 is 0 Å². The molecule has 1 heterocycles. The largest absolute Gasteiger partial charge is 0.465 e. The molecule has 0 aliphatic heterocycles. The molecule has 0 saturated heterocycles. The van der Waals surface area contributed by atoms with Crippen LogP contribution in [-0.4, -0.2) is 28.5 Å². The molecule has 0 fully saturated rings. The van der Waals surface area contributed by atoms with Crippen LogP contribution >= 0.6 is 0 Å². The molecule has 0 bridgehead atoms. The van der Waals surface area contributed by atoms with Crippen molar-refractivity contribution in [2.24, 2.45) is 5.92 Å². The van der Waals surface area contributed by atoms with Gasteiger partial charge in [-0.2, -0.15) is 0 Å². The third kappa shape index (κ3) is 7.94. The summed E-state index contributed by atoms with van der Waals surface area (Å²) in [7, 11) is 0. The number of hydrogen-bond donors (Lipinski definition) is 2. The van der Waals surface area contributed by atoms with Crippen molar-refractivity contribution >= 4 is 28.2 Å². The monoisotopic (exact) mass is 749 g/mol. The van der Waals surface area contributed by atoms with E-state index in [9.17, 15) is 9.59 Å². The number of nitrogens with one attached hydrogen (secondary N) is 2. The number of esters is 1. The Balaban J connectivity index is 0.00000224. The Hall–Kier alpha value is -6.53. The Bertz CT molecular complexity index is 2500. The van der Waals surface area contributed by atoms with Gasteiger partial charge in [-0.3, -0.25) is 9.59 Å². The summed E-state index contributed by atoms with van der Waals surface area (Å²) in [6.45, 7) is 4.21. The lowest BCUT2D eigenvalue weighted by Crippen LogP contribution is -2.37. The predicted molar refractivity (Wildman–Crippen MR) is 229 cm³/mol. The number of hydrogen-bond acceptors (Lipinski definition) is 4. The van der Waals surface area contributed by atoms with E-state index in [4.69, 9.17) is 9.72 Å². The van der Waals surface area contributed by atoms with Crippen LogP contribution in [0.3, 0.4) is 0 Å². The first-order chi connectivity index (χ1) is 28.1. The average Bonchev–Trinajstić information content (AvgIpc) is 4.00. The lowest BCUT2D eigenvalue weighted by Gasteiger charge is -2.23. The number of benzene rings is 6. The fourth-order valence-electron chi connectivity index (χ4n) is 8.42. The minimum Gasteiger partial charge on any atom is -0.465 e. The fraction of sp³-hybridized carbons (Fsp3) is 0.196. The Labute approximate surface area is 334 Å². The van der Waals surface area contributed by atoms with Crippen LogP contribution in [0, 0.1) is 5.92 Å². The van der Waals surface area contributed by atoms with E-state index in [-0.39, 0.29) is 24.9 Å². The number of nitrogens with zero attached hydrogens (tertiary/aromatic N) is 1. The van der Waals surface area contributed by atoms with E-state index in [0.717, 1.165) is 45.1 Å². The zero-order chi connectivity index (χ0) is 39.1. The number of ether oxygens (including phenoxy) is 1. The van der Waals surface area contributed by atoms with Gasteiger partial charge in [-0.15, -0.1) is 0 Å². The molecule has 6 heteroatoms. The third-order valence-electron chi connectivity index (χ3n) is 11.2. The first kappa shape index (κ1) is 37.4. The number of rotatable bonds is 12. The second-order valence-corrected chi connectivity index (χ2v) is 14.6. The summed E-state index contributed by atoms with van der Waals surface area (Å²) in [5, 5.41) is 5.53. The average molecular weight is 750 g/mol. The van der Waals surface area contributed by atoms with Gasteiger partial charge in [-0.25, -0.2) is 4.98 Å². The number of H-pyrrole nitrogens is 1. The SMILES string of the molecule is CC.O=C(C[C@H](Cc1cccc2ccccc12)C(=O)N[C@H](CC1=CCc2ccccc21)c1ncc(-c2ccccc2)[nH]1)OCC1c2ccccc2-c2ccccc21. The molecule has 2 atom stereocenters. The van der Waals surface area contributed by atoms with Crippen LogP contribution in [0.1, 0.15) is 72.3 Å². The number of carbonyl (C=O) groups excluding carboxylic acids is 2. The number of fused-ring (bicyclic) bond motifs is 5. The number of imidazole rings is 1. The van der Waals surface area contributed by atoms with Crippen molar-refractivity contribution in [3.05, 3.63) is 192 Å². The summed E-state index contributed by atoms with van der Waals surface area (Å²) >= 11 is 0. The number of amides is 1. The molecule has 1 aromatic heterocycles. The maximum Gasteiger partial charge on any atom is 0.306 e. The molecule has 2 N–H and O–H groups in total. The van der Waals surface area contributed by atoms with E-state index in [2.05, 4.69) is 89.2 Å². The molecule has 0 unspecified atom stereocenters. The van der Waals surface area contributed by atoms with Gasteiger partial charge in [0.1, 0.15) is 12.4 Å². The zero-order valence-corrected chi connectivity index (χ0v) is 32.5. The molecule has 1 amide bonds. The first-order valence-corrected chi connectivity index (χ1v) is 20.1. The molecule has 0 saturated carbocycles. The zero-order valence-electron chi connectivity index (χ0n) is 32.5. The molecular formula is C51H47N3O3. The van der Waals surface area contributed by atoms with Crippen LogP contribution in [-0.2, 0) is 27.2 Å². The van der Waals surface area contributed by atoms with Crippen LogP contribution in [0.4, 0.5) is 0 Å². The quantitative estimate of drug-likeness (QED) is 0.122. The highest BCUT2D eigenvalue weighted by molar-refractivity contribution is 5.89. The fourth-order valence-corrected chi connectivity index (χ4v) is 8.42. The highest BCUT2D eigenvalue weighted by Crippen LogP contribution is 2.44. The lowest BCUT2D eigenvalue weighted by atomic mass is 9.91. The summed E-state index contributed by atoms with van der Waals surface area (Å²) in [5.41, 5.74) is 11.2. The van der Waals surface area contributed by atoms with Gasteiger partial charge >= 0.3 is 5.97 Å². The first-order valence-electron chi connectivity index (χ1n) is 20.1. The molecule has 6 aromatic carbocycles. The molecule has 7 aromatic rings. The normalized spacial score (nSPS) is 13.7. The molecule has 57 heavy (non-hydrogen) atoms. The number of aromatic nitrogens is 2. The van der Waals surface area contributed by atoms with Crippen molar-refractivity contribution in [3.63, 3.8) is 0 Å². The van der Waals surface area contributed by atoms with Gasteiger partial charge in [-0.05, 0) is 73.7 Å². The Morgan fingerprint density at radius 2 is 1.39 bits per heavy atom. The summed E-state index contributed by atoms with van der Waals surface area (Å²) in [4.78, 5) is 36.9. The molecule has 2 aliphatic rings. The smallest absolute Gasteiger partial charge is 0.306 e. The van der Waals surface area contributed by atoms with Gasteiger partial charge < -0.3 is 15.0 Å². The van der Waals surface area contributed by atoms with Crippen molar-refractivity contribution in [1.82, 2.24) is 15.3 Å². The summed E-state index contributed by atoms with van der Waals surface area (Å²) in [5.74, 6) is -0.683. The molecule has 284 valence electrons. The maximum atomic E-state index is 14.7. The Kier molecular flexibility index (Phi) is 11.2. The second-order valence-electron chi connectivity index (χ2n) is 14.6. The second kappa shape index (κ2) is 17.1. The Morgan fingerprint density at radius 3 is 2.16 bits per heavy atom. The van der Waals surface area contributed by atoms with Crippen molar-refractivity contribution in [2.45, 2.75) is 51.5 Å². The van der Waals surface area contributed by atoms with Crippen molar-refractivity contribution in [3.8, 4) is 22.4 Å². The van der Waals surface area contributed by atoms with Crippen LogP contribution in [0.5, 0.6) is 0 Å². The summed E-state index contributed by atoms with van der Waals surface area (Å²) in [6.07, 6.45) is 5.79.